The normalized spacial score (nSPS) is 18.1. The van der Waals surface area contributed by atoms with Gasteiger partial charge in [-0.2, -0.15) is 0 Å². The number of nitrogens with zero attached hydrogens (tertiary/aromatic N) is 1. The number of halogens is 1. The molecule has 1 saturated heterocycles. The molecule has 1 heterocycles. The van der Waals surface area contributed by atoms with Crippen molar-refractivity contribution < 1.29 is 14.3 Å². The van der Waals surface area contributed by atoms with Crippen molar-refractivity contribution >= 4 is 33.5 Å². The minimum atomic E-state index is -0.479. The number of esters is 1. The molecule has 1 aromatic carbocycles. The molecule has 0 spiro atoms. The Hall–Kier alpha value is -1.56. The summed E-state index contributed by atoms with van der Waals surface area (Å²) in [5.74, 6) is -0.511. The number of likely N-dealkylation sites (tertiary alicyclic amines) is 1. The van der Waals surface area contributed by atoms with Crippen molar-refractivity contribution in [2.45, 2.75) is 25.8 Å². The van der Waals surface area contributed by atoms with Gasteiger partial charge in [0.05, 0.1) is 6.61 Å². The van der Waals surface area contributed by atoms with Crippen molar-refractivity contribution in [1.29, 1.82) is 0 Å². The van der Waals surface area contributed by atoms with E-state index in [-0.39, 0.29) is 11.9 Å². The summed E-state index contributed by atoms with van der Waals surface area (Å²) in [4.78, 5) is 25.9. The molecule has 1 aliphatic rings. The topological polar surface area (TPSA) is 72.6 Å². The monoisotopic (exact) mass is 340 g/mol. The molecule has 2 rings (SSSR count). The van der Waals surface area contributed by atoms with Crippen molar-refractivity contribution in [2.24, 2.45) is 0 Å². The third kappa shape index (κ3) is 2.95. The fourth-order valence-corrected chi connectivity index (χ4v) is 2.58. The fraction of sp³-hybridized carbons (Fsp3) is 0.429. The average Bonchev–Trinajstić information content (AvgIpc) is 2.90. The number of hydrogen-bond acceptors (Lipinski definition) is 4. The first-order chi connectivity index (χ1) is 9.54. The summed E-state index contributed by atoms with van der Waals surface area (Å²) >= 11 is 3.29. The molecule has 1 atom stereocenters. The van der Waals surface area contributed by atoms with Gasteiger partial charge in [-0.05, 0) is 53.9 Å². The van der Waals surface area contributed by atoms with E-state index in [9.17, 15) is 9.59 Å². The predicted octanol–water partition coefficient (Wildman–Crippen LogP) is 2.20. The van der Waals surface area contributed by atoms with Gasteiger partial charge < -0.3 is 15.4 Å². The van der Waals surface area contributed by atoms with Gasteiger partial charge in [0.25, 0.3) is 5.91 Å². The molecule has 1 amide bonds. The number of ether oxygens (including phenoxy) is 1. The lowest BCUT2D eigenvalue weighted by Gasteiger charge is -2.23. The second-order valence-corrected chi connectivity index (χ2v) is 5.50. The summed E-state index contributed by atoms with van der Waals surface area (Å²) in [6.07, 6.45) is 1.46. The van der Waals surface area contributed by atoms with E-state index >= 15 is 0 Å². The first kappa shape index (κ1) is 14.8. The van der Waals surface area contributed by atoms with E-state index in [2.05, 4.69) is 15.9 Å². The second kappa shape index (κ2) is 6.26. The minimum absolute atomic E-state index is 0.181. The van der Waals surface area contributed by atoms with E-state index in [1.807, 2.05) is 0 Å². The van der Waals surface area contributed by atoms with Crippen LogP contribution in [0, 0.1) is 0 Å². The molecule has 5 nitrogen and oxygen atoms in total. The Labute approximate surface area is 126 Å². The van der Waals surface area contributed by atoms with Gasteiger partial charge in [0.2, 0.25) is 0 Å². The summed E-state index contributed by atoms with van der Waals surface area (Å²) in [5.41, 5.74) is 6.78. The number of carbonyl (C=O) groups excluding carboxylic acids is 2. The molecule has 0 bridgehead atoms. The van der Waals surface area contributed by atoms with Gasteiger partial charge in [0.1, 0.15) is 6.04 Å². The van der Waals surface area contributed by atoms with Crippen LogP contribution in [0.25, 0.3) is 0 Å². The Bertz CT molecular complexity index is 533. The summed E-state index contributed by atoms with van der Waals surface area (Å²) < 4.78 is 5.77. The molecule has 0 aromatic heterocycles. The lowest BCUT2D eigenvalue weighted by molar-refractivity contribution is -0.147. The van der Waals surface area contributed by atoms with Crippen LogP contribution < -0.4 is 5.73 Å². The Balaban J connectivity index is 2.18. The number of rotatable bonds is 3. The lowest BCUT2D eigenvalue weighted by Crippen LogP contribution is -2.41. The van der Waals surface area contributed by atoms with Crippen LogP contribution >= 0.6 is 15.9 Å². The lowest BCUT2D eigenvalue weighted by atomic mass is 10.1. The maximum Gasteiger partial charge on any atom is 0.328 e. The second-order valence-electron chi connectivity index (χ2n) is 4.64. The molecule has 2 N–H and O–H groups in total. The van der Waals surface area contributed by atoms with Crippen LogP contribution in [0.1, 0.15) is 30.1 Å². The van der Waals surface area contributed by atoms with Crippen molar-refractivity contribution in [3.05, 3.63) is 28.2 Å². The van der Waals surface area contributed by atoms with E-state index in [0.29, 0.717) is 30.8 Å². The SMILES string of the molecule is CCOC(=O)C1CCCN1C(=O)c1ccc(Br)c(N)c1. The zero-order chi connectivity index (χ0) is 14.7. The quantitative estimate of drug-likeness (QED) is 0.676. The summed E-state index contributed by atoms with van der Waals surface area (Å²) in [6.45, 7) is 2.65. The third-order valence-corrected chi connectivity index (χ3v) is 4.04. The zero-order valence-electron chi connectivity index (χ0n) is 11.3. The Morgan fingerprint density at radius 3 is 2.90 bits per heavy atom. The Kier molecular flexibility index (Phi) is 4.65. The molecule has 1 aliphatic heterocycles. The van der Waals surface area contributed by atoms with Crippen LogP contribution in [-0.2, 0) is 9.53 Å². The van der Waals surface area contributed by atoms with Gasteiger partial charge >= 0.3 is 5.97 Å². The van der Waals surface area contributed by atoms with Gasteiger partial charge in [0, 0.05) is 22.3 Å². The van der Waals surface area contributed by atoms with E-state index < -0.39 is 6.04 Å². The molecular formula is C14H17BrN2O3. The molecule has 0 aliphatic carbocycles. The molecule has 1 unspecified atom stereocenters. The van der Waals surface area contributed by atoms with Crippen LogP contribution in [0.4, 0.5) is 5.69 Å². The van der Waals surface area contributed by atoms with Gasteiger partial charge in [-0.15, -0.1) is 0 Å². The van der Waals surface area contributed by atoms with Crippen molar-refractivity contribution in [3.63, 3.8) is 0 Å². The number of carbonyl (C=O) groups is 2. The Morgan fingerprint density at radius 1 is 1.50 bits per heavy atom. The molecule has 20 heavy (non-hydrogen) atoms. The number of nitrogens with two attached hydrogens (primary N) is 1. The van der Waals surface area contributed by atoms with E-state index in [1.54, 1.807) is 30.0 Å². The predicted molar refractivity (Wildman–Crippen MR) is 79.2 cm³/mol. The molecule has 1 fully saturated rings. The molecular weight excluding hydrogens is 324 g/mol. The molecule has 6 heteroatoms. The first-order valence-corrected chi connectivity index (χ1v) is 7.36. The summed E-state index contributed by atoms with van der Waals surface area (Å²) in [6, 6.07) is 4.57. The van der Waals surface area contributed by atoms with Crippen LogP contribution in [0.5, 0.6) is 0 Å². The highest BCUT2D eigenvalue weighted by Crippen LogP contribution is 2.25. The van der Waals surface area contributed by atoms with Gasteiger partial charge in [-0.25, -0.2) is 4.79 Å². The van der Waals surface area contributed by atoms with Gasteiger partial charge in [-0.3, -0.25) is 4.79 Å². The number of benzene rings is 1. The molecule has 1 aromatic rings. The fourth-order valence-electron chi connectivity index (χ4n) is 2.34. The van der Waals surface area contributed by atoms with Crippen molar-refractivity contribution in [2.75, 3.05) is 18.9 Å². The number of amides is 1. The van der Waals surface area contributed by atoms with Crippen LogP contribution in [0.15, 0.2) is 22.7 Å². The summed E-state index contributed by atoms with van der Waals surface area (Å²) in [7, 11) is 0. The molecule has 0 radical (unpaired) electrons. The molecule has 0 saturated carbocycles. The molecule has 108 valence electrons. The number of nitrogen functional groups attached to an aromatic ring is 1. The minimum Gasteiger partial charge on any atom is -0.464 e. The zero-order valence-corrected chi connectivity index (χ0v) is 12.9. The highest BCUT2D eigenvalue weighted by atomic mass is 79.9. The third-order valence-electron chi connectivity index (χ3n) is 3.32. The van der Waals surface area contributed by atoms with E-state index in [0.717, 1.165) is 10.9 Å². The van der Waals surface area contributed by atoms with Crippen LogP contribution in [0.3, 0.4) is 0 Å². The maximum atomic E-state index is 12.5. The van der Waals surface area contributed by atoms with Crippen LogP contribution in [-0.4, -0.2) is 36.0 Å². The highest BCUT2D eigenvalue weighted by molar-refractivity contribution is 9.10. The van der Waals surface area contributed by atoms with E-state index in [1.165, 1.54) is 0 Å². The largest absolute Gasteiger partial charge is 0.464 e. The van der Waals surface area contributed by atoms with Gasteiger partial charge in [0.15, 0.2) is 0 Å². The number of anilines is 1. The van der Waals surface area contributed by atoms with E-state index in [4.69, 9.17) is 10.5 Å². The summed E-state index contributed by atoms with van der Waals surface area (Å²) in [5, 5.41) is 0. The highest BCUT2D eigenvalue weighted by Gasteiger charge is 2.35. The van der Waals surface area contributed by atoms with Gasteiger partial charge in [-0.1, -0.05) is 0 Å². The maximum absolute atomic E-state index is 12.5. The number of hydrogen-bond donors (Lipinski definition) is 1. The first-order valence-electron chi connectivity index (χ1n) is 6.57. The smallest absolute Gasteiger partial charge is 0.328 e. The van der Waals surface area contributed by atoms with Crippen molar-refractivity contribution in [1.82, 2.24) is 4.90 Å². The van der Waals surface area contributed by atoms with Crippen LogP contribution in [0.2, 0.25) is 0 Å². The Morgan fingerprint density at radius 2 is 2.25 bits per heavy atom. The van der Waals surface area contributed by atoms with Crippen molar-refractivity contribution in [3.8, 4) is 0 Å². The standard InChI is InChI=1S/C14H17BrN2O3/c1-2-20-14(19)12-4-3-7-17(12)13(18)9-5-6-10(15)11(16)8-9/h5-6,8,12H,2-4,7,16H2,1H3. The average molecular weight is 341 g/mol.